The number of amides is 1. The SMILES string of the molecule is CC[C@@]12CC[C@@H](c3ccc(C(=O)CCC(C)O)cc3Cl)[C@H](c3ccc(Cl)cc3)[C@@H]1[C@@H](C)NC2=O. The summed E-state index contributed by atoms with van der Waals surface area (Å²) in [5, 5.41) is 14.0. The Hall–Kier alpha value is -1.88. The first kappa shape index (κ1) is 25.2. The van der Waals surface area contributed by atoms with E-state index in [-0.39, 0.29) is 47.3 Å². The van der Waals surface area contributed by atoms with Gasteiger partial charge in [0.2, 0.25) is 5.91 Å². The zero-order valence-electron chi connectivity index (χ0n) is 20.0. The van der Waals surface area contributed by atoms with Gasteiger partial charge < -0.3 is 10.4 Å². The van der Waals surface area contributed by atoms with Gasteiger partial charge in [0.05, 0.1) is 11.5 Å². The minimum absolute atomic E-state index is 0.0172. The fraction of sp³-hybridized carbons (Fsp3) is 0.500. The Labute approximate surface area is 212 Å². The van der Waals surface area contributed by atoms with Gasteiger partial charge in [-0.15, -0.1) is 0 Å². The molecule has 2 aromatic carbocycles. The Morgan fingerprint density at radius 3 is 2.53 bits per heavy atom. The summed E-state index contributed by atoms with van der Waals surface area (Å²) < 4.78 is 0. The van der Waals surface area contributed by atoms with E-state index in [0.717, 1.165) is 30.4 Å². The van der Waals surface area contributed by atoms with Crippen molar-refractivity contribution in [2.24, 2.45) is 11.3 Å². The number of aliphatic hydroxyl groups is 1. The lowest BCUT2D eigenvalue weighted by atomic mass is 9.54. The van der Waals surface area contributed by atoms with E-state index >= 15 is 0 Å². The summed E-state index contributed by atoms with van der Waals surface area (Å²) in [4.78, 5) is 25.7. The van der Waals surface area contributed by atoms with Crippen LogP contribution in [0.15, 0.2) is 42.5 Å². The minimum atomic E-state index is -0.510. The molecule has 6 heteroatoms. The van der Waals surface area contributed by atoms with Crippen LogP contribution in [0.5, 0.6) is 0 Å². The summed E-state index contributed by atoms with van der Waals surface area (Å²) in [5.74, 6) is 0.490. The van der Waals surface area contributed by atoms with Gasteiger partial charge in [-0.2, -0.15) is 0 Å². The molecule has 2 fully saturated rings. The molecule has 0 bridgehead atoms. The Balaban J connectivity index is 1.74. The van der Waals surface area contributed by atoms with Crippen LogP contribution in [-0.2, 0) is 4.79 Å². The van der Waals surface area contributed by atoms with Crippen molar-refractivity contribution in [3.8, 4) is 0 Å². The summed E-state index contributed by atoms with van der Waals surface area (Å²) in [6.45, 7) is 5.91. The third kappa shape index (κ3) is 4.53. The minimum Gasteiger partial charge on any atom is -0.393 e. The zero-order valence-corrected chi connectivity index (χ0v) is 21.5. The van der Waals surface area contributed by atoms with Crippen molar-refractivity contribution in [3.63, 3.8) is 0 Å². The number of nitrogens with one attached hydrogen (secondary N) is 1. The molecule has 34 heavy (non-hydrogen) atoms. The van der Waals surface area contributed by atoms with Gasteiger partial charge in [0.25, 0.3) is 0 Å². The van der Waals surface area contributed by atoms with Crippen molar-refractivity contribution in [2.75, 3.05) is 0 Å². The van der Waals surface area contributed by atoms with Gasteiger partial charge in [-0.1, -0.05) is 54.4 Å². The smallest absolute Gasteiger partial charge is 0.226 e. The van der Waals surface area contributed by atoms with Crippen LogP contribution in [0.4, 0.5) is 0 Å². The van der Waals surface area contributed by atoms with E-state index in [9.17, 15) is 14.7 Å². The van der Waals surface area contributed by atoms with Crippen LogP contribution in [0, 0.1) is 11.3 Å². The molecule has 0 radical (unpaired) electrons. The molecule has 4 nitrogen and oxygen atoms in total. The lowest BCUT2D eigenvalue weighted by Crippen LogP contribution is -2.43. The maximum Gasteiger partial charge on any atom is 0.226 e. The molecule has 1 amide bonds. The second kappa shape index (κ2) is 10.0. The van der Waals surface area contributed by atoms with Crippen LogP contribution in [0.25, 0.3) is 0 Å². The molecule has 1 aliphatic carbocycles. The van der Waals surface area contributed by atoms with Crippen LogP contribution < -0.4 is 5.32 Å². The van der Waals surface area contributed by atoms with Crippen molar-refractivity contribution in [1.82, 2.24) is 5.32 Å². The highest BCUT2D eigenvalue weighted by Crippen LogP contribution is 2.60. The molecule has 2 N–H and O–H groups in total. The summed E-state index contributed by atoms with van der Waals surface area (Å²) >= 11 is 13.0. The number of carbonyl (C=O) groups is 2. The summed E-state index contributed by atoms with van der Waals surface area (Å²) in [7, 11) is 0. The fourth-order valence-electron chi connectivity index (χ4n) is 6.38. The second-order valence-corrected chi connectivity index (χ2v) is 10.9. The van der Waals surface area contributed by atoms with Gasteiger partial charge in [0.15, 0.2) is 5.78 Å². The van der Waals surface area contributed by atoms with Crippen molar-refractivity contribution < 1.29 is 14.7 Å². The quantitative estimate of drug-likeness (QED) is 0.423. The maximum atomic E-state index is 13.1. The molecule has 1 heterocycles. The van der Waals surface area contributed by atoms with E-state index < -0.39 is 6.10 Å². The van der Waals surface area contributed by atoms with E-state index in [0.29, 0.717) is 22.0 Å². The Morgan fingerprint density at radius 2 is 1.91 bits per heavy atom. The fourth-order valence-corrected chi connectivity index (χ4v) is 6.83. The zero-order chi connectivity index (χ0) is 24.6. The average molecular weight is 502 g/mol. The van der Waals surface area contributed by atoms with Crippen LogP contribution in [-0.4, -0.2) is 28.9 Å². The summed E-state index contributed by atoms with van der Waals surface area (Å²) in [5.41, 5.74) is 2.37. The van der Waals surface area contributed by atoms with Crippen molar-refractivity contribution in [2.45, 2.75) is 76.9 Å². The Morgan fingerprint density at radius 1 is 1.21 bits per heavy atom. The lowest BCUT2D eigenvalue weighted by Gasteiger charge is -2.47. The standard InChI is InChI=1S/C28H33Cl2NO3/c1-4-28-14-13-22(21-11-8-19(15-23(21)30)24(33)12-5-16(2)32)25(18-6-9-20(29)10-7-18)26(28)17(3)31-27(28)34/h6-11,15-17,22,25-26,32H,4-5,12-14H2,1-3H3,(H,31,34)/t16?,17-,22+,25+,26+,28-/m1/s1. The molecule has 1 saturated carbocycles. The van der Waals surface area contributed by atoms with Crippen molar-refractivity contribution in [1.29, 1.82) is 0 Å². The first-order valence-electron chi connectivity index (χ1n) is 12.2. The number of aliphatic hydroxyl groups excluding tert-OH is 1. The number of carbonyl (C=O) groups excluding carboxylic acids is 2. The van der Waals surface area contributed by atoms with E-state index in [1.165, 1.54) is 0 Å². The number of benzene rings is 2. The number of rotatable bonds is 7. The highest BCUT2D eigenvalue weighted by atomic mass is 35.5. The maximum absolute atomic E-state index is 13.1. The molecular weight excluding hydrogens is 469 g/mol. The first-order valence-corrected chi connectivity index (χ1v) is 13.0. The Kier molecular flexibility index (Phi) is 7.42. The molecule has 6 atom stereocenters. The normalized spacial score (nSPS) is 29.4. The molecule has 0 spiro atoms. The van der Waals surface area contributed by atoms with Gasteiger partial charge in [-0.3, -0.25) is 9.59 Å². The molecular formula is C28H33Cl2NO3. The number of ketones is 1. The molecule has 0 aromatic heterocycles. The van der Waals surface area contributed by atoms with Crippen LogP contribution in [0.3, 0.4) is 0 Å². The predicted molar refractivity (Wildman–Crippen MR) is 137 cm³/mol. The van der Waals surface area contributed by atoms with Crippen LogP contribution >= 0.6 is 23.2 Å². The predicted octanol–water partition coefficient (Wildman–Crippen LogP) is 6.53. The molecule has 1 unspecified atom stereocenters. The first-order chi connectivity index (χ1) is 16.2. The van der Waals surface area contributed by atoms with E-state index in [2.05, 4.69) is 31.3 Å². The molecule has 2 aromatic rings. The summed E-state index contributed by atoms with van der Waals surface area (Å²) in [6, 6.07) is 13.6. The molecule has 4 rings (SSSR count). The van der Waals surface area contributed by atoms with E-state index in [4.69, 9.17) is 23.2 Å². The van der Waals surface area contributed by atoms with Gasteiger partial charge >= 0.3 is 0 Å². The molecule has 1 aliphatic heterocycles. The van der Waals surface area contributed by atoms with E-state index in [1.807, 2.05) is 24.3 Å². The molecule has 1 saturated heterocycles. The topological polar surface area (TPSA) is 66.4 Å². The number of fused-ring (bicyclic) bond motifs is 1. The van der Waals surface area contributed by atoms with Crippen molar-refractivity contribution in [3.05, 3.63) is 69.2 Å². The Bertz CT molecular complexity index is 1070. The second-order valence-electron chi connectivity index (χ2n) is 10.1. The highest BCUT2D eigenvalue weighted by molar-refractivity contribution is 6.32. The molecule has 182 valence electrons. The average Bonchev–Trinajstić information content (AvgIpc) is 3.07. The van der Waals surface area contributed by atoms with Crippen molar-refractivity contribution >= 4 is 34.9 Å². The third-order valence-corrected chi connectivity index (χ3v) is 8.69. The van der Waals surface area contributed by atoms with E-state index in [1.54, 1.807) is 13.0 Å². The number of Topliss-reactive ketones (excluding diaryl/α,β-unsaturated/α-hetero) is 1. The third-order valence-electron chi connectivity index (χ3n) is 8.11. The number of hydrogen-bond acceptors (Lipinski definition) is 3. The van der Waals surface area contributed by atoms with Crippen LogP contribution in [0.2, 0.25) is 10.0 Å². The monoisotopic (exact) mass is 501 g/mol. The lowest BCUT2D eigenvalue weighted by molar-refractivity contribution is -0.131. The highest BCUT2D eigenvalue weighted by Gasteiger charge is 2.59. The number of halogens is 2. The van der Waals surface area contributed by atoms with Gasteiger partial charge in [-0.25, -0.2) is 0 Å². The largest absolute Gasteiger partial charge is 0.393 e. The van der Waals surface area contributed by atoms with Crippen LogP contribution in [0.1, 0.15) is 86.2 Å². The molecule has 2 aliphatic rings. The summed E-state index contributed by atoms with van der Waals surface area (Å²) in [6.07, 6.45) is 2.66. The van der Waals surface area contributed by atoms with Gasteiger partial charge in [-0.05, 0) is 80.7 Å². The van der Waals surface area contributed by atoms with Gasteiger partial charge in [0, 0.05) is 34.0 Å². The number of hydrogen-bond donors (Lipinski definition) is 2. The van der Waals surface area contributed by atoms with Gasteiger partial charge in [0.1, 0.15) is 0 Å².